The number of carbonyl (C=O) groups is 3. The van der Waals surface area contributed by atoms with Crippen molar-refractivity contribution in [3.8, 4) is 0 Å². The van der Waals surface area contributed by atoms with Crippen LogP contribution in [0.4, 0.5) is 10.5 Å². The zero-order chi connectivity index (χ0) is 22.8. The number of amides is 4. The molecule has 0 spiro atoms. The summed E-state index contributed by atoms with van der Waals surface area (Å²) in [5, 5.41) is 2.28. The quantitative estimate of drug-likeness (QED) is 0.329. The minimum atomic E-state index is -0.760. The van der Waals surface area contributed by atoms with Gasteiger partial charge in [0.1, 0.15) is 5.57 Å². The lowest BCUT2D eigenvalue weighted by molar-refractivity contribution is -0.122. The number of barbiturate groups is 1. The minimum absolute atomic E-state index is 0.100. The summed E-state index contributed by atoms with van der Waals surface area (Å²) in [6, 6.07) is 19.8. The van der Waals surface area contributed by atoms with E-state index in [1.807, 2.05) is 49.4 Å². The number of benzene rings is 3. The standard InChI is InChI=1S/C25H18Br2N2O3/c1-15-6-10-20(11-7-15)29-24(31)21(23(30)28-25(29)32)14-18-13-19(26)9-8-16(18)12-17-4-2-3-5-22(17)27/h2-11,13-14H,12H2,1H3,(H,28,30,32)/b21-14+. The molecule has 0 radical (unpaired) electrons. The van der Waals surface area contributed by atoms with Gasteiger partial charge >= 0.3 is 6.03 Å². The molecule has 0 aromatic heterocycles. The molecule has 0 unspecified atom stereocenters. The summed E-state index contributed by atoms with van der Waals surface area (Å²) in [5.41, 5.74) is 4.02. The molecule has 3 aromatic carbocycles. The first-order valence-corrected chi connectivity index (χ1v) is 11.4. The Bertz CT molecular complexity index is 1270. The summed E-state index contributed by atoms with van der Waals surface area (Å²) in [7, 11) is 0. The topological polar surface area (TPSA) is 66.5 Å². The third-order valence-electron chi connectivity index (χ3n) is 5.14. The highest BCUT2D eigenvalue weighted by Crippen LogP contribution is 2.27. The number of hydrogen-bond donors (Lipinski definition) is 1. The second kappa shape index (κ2) is 9.22. The second-order valence-corrected chi connectivity index (χ2v) is 9.17. The molecule has 1 heterocycles. The molecule has 4 amide bonds. The fraction of sp³-hybridized carbons (Fsp3) is 0.0800. The van der Waals surface area contributed by atoms with Crippen molar-refractivity contribution in [3.63, 3.8) is 0 Å². The van der Waals surface area contributed by atoms with E-state index < -0.39 is 17.8 Å². The molecule has 0 atom stereocenters. The highest BCUT2D eigenvalue weighted by Gasteiger charge is 2.36. The van der Waals surface area contributed by atoms with Crippen LogP contribution in [-0.2, 0) is 16.0 Å². The van der Waals surface area contributed by atoms with E-state index in [0.29, 0.717) is 17.7 Å². The van der Waals surface area contributed by atoms with Crippen LogP contribution in [0.2, 0.25) is 0 Å². The van der Waals surface area contributed by atoms with Gasteiger partial charge in [-0.2, -0.15) is 0 Å². The molecule has 5 nitrogen and oxygen atoms in total. The lowest BCUT2D eigenvalue weighted by atomic mass is 9.97. The Labute approximate surface area is 202 Å². The van der Waals surface area contributed by atoms with Gasteiger partial charge < -0.3 is 0 Å². The number of carbonyl (C=O) groups excluding carboxylic acids is 3. The van der Waals surface area contributed by atoms with E-state index in [2.05, 4.69) is 37.2 Å². The van der Waals surface area contributed by atoms with Crippen molar-refractivity contribution in [1.82, 2.24) is 5.32 Å². The third kappa shape index (κ3) is 4.59. The van der Waals surface area contributed by atoms with E-state index in [9.17, 15) is 14.4 Å². The number of imide groups is 2. The van der Waals surface area contributed by atoms with Gasteiger partial charge in [-0.25, -0.2) is 9.69 Å². The van der Waals surface area contributed by atoms with Gasteiger partial charge in [0.15, 0.2) is 0 Å². The van der Waals surface area contributed by atoms with Crippen LogP contribution in [0.15, 0.2) is 81.2 Å². The molecule has 4 rings (SSSR count). The Morgan fingerprint density at radius 1 is 0.906 bits per heavy atom. The van der Waals surface area contributed by atoms with Crippen LogP contribution in [0.5, 0.6) is 0 Å². The van der Waals surface area contributed by atoms with Crippen LogP contribution in [0.25, 0.3) is 6.08 Å². The van der Waals surface area contributed by atoms with E-state index in [0.717, 1.165) is 30.5 Å². The van der Waals surface area contributed by atoms with Gasteiger partial charge in [-0.3, -0.25) is 14.9 Å². The predicted molar refractivity (Wildman–Crippen MR) is 131 cm³/mol. The average Bonchev–Trinajstić information content (AvgIpc) is 2.75. The molecule has 1 N–H and O–H groups in total. The van der Waals surface area contributed by atoms with Crippen LogP contribution in [-0.4, -0.2) is 17.8 Å². The smallest absolute Gasteiger partial charge is 0.273 e. The summed E-state index contributed by atoms with van der Waals surface area (Å²) in [6.45, 7) is 1.91. The lowest BCUT2D eigenvalue weighted by Gasteiger charge is -2.26. The minimum Gasteiger partial charge on any atom is -0.273 e. The first kappa shape index (κ1) is 22.2. The second-order valence-electron chi connectivity index (χ2n) is 7.40. The number of anilines is 1. The fourth-order valence-corrected chi connectivity index (χ4v) is 4.25. The third-order valence-corrected chi connectivity index (χ3v) is 6.41. The van der Waals surface area contributed by atoms with Gasteiger partial charge in [-0.1, -0.05) is 73.8 Å². The number of urea groups is 1. The lowest BCUT2D eigenvalue weighted by Crippen LogP contribution is -2.54. The van der Waals surface area contributed by atoms with Crippen molar-refractivity contribution in [2.75, 3.05) is 4.90 Å². The first-order chi connectivity index (χ1) is 15.3. The van der Waals surface area contributed by atoms with Crippen LogP contribution in [0.3, 0.4) is 0 Å². The summed E-state index contributed by atoms with van der Waals surface area (Å²) < 4.78 is 1.79. The number of halogens is 2. The zero-order valence-electron chi connectivity index (χ0n) is 17.1. The number of nitrogens with zero attached hydrogens (tertiary/aromatic N) is 1. The number of aryl methyl sites for hydroxylation is 1. The predicted octanol–water partition coefficient (Wildman–Crippen LogP) is 5.78. The average molecular weight is 554 g/mol. The molecular formula is C25H18Br2N2O3. The van der Waals surface area contributed by atoms with Crippen molar-refractivity contribution in [1.29, 1.82) is 0 Å². The van der Waals surface area contributed by atoms with Crippen molar-refractivity contribution < 1.29 is 14.4 Å². The Balaban J connectivity index is 1.75. The molecule has 1 aliphatic heterocycles. The van der Waals surface area contributed by atoms with Gasteiger partial charge in [0.25, 0.3) is 11.8 Å². The summed E-state index contributed by atoms with van der Waals surface area (Å²) in [4.78, 5) is 39.2. The Kier molecular flexibility index (Phi) is 6.39. The SMILES string of the molecule is Cc1ccc(N2C(=O)NC(=O)/C(=C\c3cc(Br)ccc3Cc3ccccc3Br)C2=O)cc1. The Morgan fingerprint density at radius 3 is 2.34 bits per heavy atom. The van der Waals surface area contributed by atoms with Gasteiger partial charge in [0.05, 0.1) is 5.69 Å². The summed E-state index contributed by atoms with van der Waals surface area (Å²) in [6.07, 6.45) is 2.15. The Hall–Kier alpha value is -3.03. The van der Waals surface area contributed by atoms with Gasteiger partial charge in [0, 0.05) is 8.95 Å². The van der Waals surface area contributed by atoms with Gasteiger partial charge in [-0.15, -0.1) is 0 Å². The monoisotopic (exact) mass is 552 g/mol. The number of rotatable bonds is 4. The molecule has 1 fully saturated rings. The first-order valence-electron chi connectivity index (χ1n) is 9.83. The normalized spacial score (nSPS) is 15.3. The van der Waals surface area contributed by atoms with Gasteiger partial charge in [-0.05, 0) is 66.4 Å². The molecule has 1 saturated heterocycles. The molecule has 7 heteroatoms. The van der Waals surface area contributed by atoms with Crippen LogP contribution in [0, 0.1) is 6.92 Å². The van der Waals surface area contributed by atoms with Crippen LogP contribution in [0.1, 0.15) is 22.3 Å². The van der Waals surface area contributed by atoms with E-state index in [4.69, 9.17) is 0 Å². The summed E-state index contributed by atoms with van der Waals surface area (Å²) >= 11 is 7.04. The van der Waals surface area contributed by atoms with E-state index >= 15 is 0 Å². The molecule has 0 saturated carbocycles. The maximum atomic E-state index is 13.2. The van der Waals surface area contributed by atoms with Crippen LogP contribution < -0.4 is 10.2 Å². The fourth-order valence-electron chi connectivity index (χ4n) is 3.45. The van der Waals surface area contributed by atoms with E-state index in [1.54, 1.807) is 30.3 Å². The molecule has 160 valence electrons. The largest absolute Gasteiger partial charge is 0.335 e. The number of hydrogen-bond acceptors (Lipinski definition) is 3. The molecule has 0 aliphatic carbocycles. The zero-order valence-corrected chi connectivity index (χ0v) is 20.2. The molecule has 3 aromatic rings. The van der Waals surface area contributed by atoms with Crippen molar-refractivity contribution >= 4 is 61.5 Å². The maximum Gasteiger partial charge on any atom is 0.335 e. The van der Waals surface area contributed by atoms with E-state index in [1.165, 1.54) is 0 Å². The molecular weight excluding hydrogens is 536 g/mol. The van der Waals surface area contributed by atoms with Crippen molar-refractivity contribution in [2.45, 2.75) is 13.3 Å². The molecule has 0 bridgehead atoms. The Morgan fingerprint density at radius 2 is 1.62 bits per heavy atom. The molecule has 1 aliphatic rings. The maximum absolute atomic E-state index is 13.2. The molecule has 32 heavy (non-hydrogen) atoms. The number of nitrogens with one attached hydrogen (secondary N) is 1. The summed E-state index contributed by atoms with van der Waals surface area (Å²) in [5.74, 6) is -1.37. The van der Waals surface area contributed by atoms with Crippen molar-refractivity contribution in [2.24, 2.45) is 0 Å². The van der Waals surface area contributed by atoms with Crippen molar-refractivity contribution in [3.05, 3.63) is 104 Å². The van der Waals surface area contributed by atoms with Gasteiger partial charge in [0.2, 0.25) is 0 Å². The van der Waals surface area contributed by atoms with E-state index in [-0.39, 0.29) is 5.57 Å². The van der Waals surface area contributed by atoms with Crippen LogP contribution >= 0.6 is 31.9 Å². The highest BCUT2D eigenvalue weighted by molar-refractivity contribution is 9.10. The highest BCUT2D eigenvalue weighted by atomic mass is 79.9.